The largest absolute Gasteiger partial charge is 0.493 e. The van der Waals surface area contributed by atoms with E-state index in [4.69, 9.17) is 53.6 Å². The lowest BCUT2D eigenvalue weighted by Crippen LogP contribution is -2.65. The molecule has 2 aliphatic heterocycles. The fourth-order valence-electron chi connectivity index (χ4n) is 6.34. The molecule has 0 radical (unpaired) electrons. The lowest BCUT2D eigenvalue weighted by molar-refractivity contribution is -0.294. The highest BCUT2D eigenvalue weighted by Gasteiger charge is 2.56. The van der Waals surface area contributed by atoms with E-state index in [0.717, 1.165) is 5.56 Å². The maximum atomic E-state index is 14.0. The number of hydrogen-bond acceptors (Lipinski definition) is 15. The van der Waals surface area contributed by atoms with Crippen molar-refractivity contribution in [2.45, 2.75) is 165 Å². The lowest BCUT2D eigenvalue weighted by Gasteiger charge is -2.45. The predicted octanol–water partition coefficient (Wildman–Crippen LogP) is 8.33. The number of rotatable bonds is 17. The number of esters is 4. The van der Waals surface area contributed by atoms with Gasteiger partial charge in [-0.1, -0.05) is 25.0 Å². The zero-order chi connectivity index (χ0) is 51.3. The molecule has 362 valence electrons. The molecule has 65 heavy (non-hydrogen) atoms. The molecule has 5 atom stereocenters. The van der Waals surface area contributed by atoms with Crippen molar-refractivity contribution in [3.63, 3.8) is 0 Å². The Bertz CT molecular complexity index is 2110. The molecule has 0 saturated carbocycles. The zero-order valence-corrected chi connectivity index (χ0v) is 39.6. The lowest BCUT2D eigenvalue weighted by atomic mass is 9.93. The Morgan fingerprint density at radius 1 is 0.862 bits per heavy atom. The fraction of sp³-hybridized carbons (Fsp3) is 0.723. The van der Waals surface area contributed by atoms with E-state index in [1.54, 1.807) is 12.1 Å². The van der Waals surface area contributed by atoms with Gasteiger partial charge in [0.05, 0.1) is 41.5 Å². The van der Waals surface area contributed by atoms with E-state index in [0.29, 0.717) is 61.8 Å². The molecule has 1 aromatic carbocycles. The molecule has 0 amide bonds. The van der Waals surface area contributed by atoms with Crippen LogP contribution in [0.1, 0.15) is 144 Å². The minimum Gasteiger partial charge on any atom is -0.493 e. The predicted molar refractivity (Wildman–Crippen MR) is 238 cm³/mol. The number of nitrogens with zero attached hydrogens (tertiary/aromatic N) is 4. The van der Waals surface area contributed by atoms with Crippen molar-refractivity contribution in [2.24, 2.45) is 26.8 Å². The maximum absolute atomic E-state index is 14.0. The molecular formula is C47H71N5O13. The highest BCUT2D eigenvalue weighted by atomic mass is 16.7. The summed E-state index contributed by atoms with van der Waals surface area (Å²) in [6.07, 6.45) is -6.59. The Balaban J connectivity index is 1.90. The first-order valence-electron chi connectivity index (χ1n) is 24.7. The fourth-order valence-corrected chi connectivity index (χ4v) is 6.34. The molecule has 1 unspecified atom stereocenters. The number of ether oxygens (including phenoxy) is 9. The summed E-state index contributed by atoms with van der Waals surface area (Å²) >= 11 is 0. The van der Waals surface area contributed by atoms with Crippen LogP contribution in [0.15, 0.2) is 23.3 Å². The third kappa shape index (κ3) is 15.0. The van der Waals surface area contributed by atoms with Gasteiger partial charge >= 0.3 is 23.9 Å². The second-order valence-electron chi connectivity index (χ2n) is 19.5. The van der Waals surface area contributed by atoms with E-state index < -0.39 is 104 Å². The average molecular weight is 918 g/mol. The quantitative estimate of drug-likeness (QED) is 0.0393. The van der Waals surface area contributed by atoms with E-state index in [9.17, 15) is 19.2 Å². The molecule has 18 heteroatoms. The number of H-pyrrole nitrogens is 1. The van der Waals surface area contributed by atoms with E-state index >= 15 is 0 Å². The molecule has 2 aliphatic rings. The van der Waals surface area contributed by atoms with Crippen LogP contribution in [0.25, 0.3) is 10.4 Å². The highest BCUT2D eigenvalue weighted by molar-refractivity contribution is 5.78. The van der Waals surface area contributed by atoms with Crippen molar-refractivity contribution in [2.75, 3.05) is 33.0 Å². The van der Waals surface area contributed by atoms with Crippen LogP contribution in [0.4, 0.5) is 0 Å². The van der Waals surface area contributed by atoms with Crippen LogP contribution >= 0.6 is 0 Å². The number of carbonyl (C=O) groups is 4. The summed E-state index contributed by atoms with van der Waals surface area (Å²) in [5.41, 5.74) is 5.07. The summed E-state index contributed by atoms with van der Waals surface area (Å²) < 4.78 is 87.7. The highest BCUT2D eigenvalue weighted by Crippen LogP contribution is 2.38. The number of hydrogen-bond donors (Lipinski definition) is 1. The van der Waals surface area contributed by atoms with Gasteiger partial charge in [-0.15, -0.1) is 5.10 Å². The van der Waals surface area contributed by atoms with Gasteiger partial charge in [0, 0.05) is 53.5 Å². The van der Waals surface area contributed by atoms with Crippen molar-refractivity contribution in [3.8, 4) is 17.4 Å². The van der Waals surface area contributed by atoms with Crippen LogP contribution in [0.3, 0.4) is 0 Å². The van der Waals surface area contributed by atoms with Gasteiger partial charge in [-0.25, -0.2) is 0 Å². The van der Waals surface area contributed by atoms with Crippen molar-refractivity contribution in [1.82, 2.24) is 10.2 Å². The molecule has 4 rings (SSSR count). The van der Waals surface area contributed by atoms with Gasteiger partial charge in [-0.05, 0) is 112 Å². The van der Waals surface area contributed by atoms with Crippen LogP contribution in [-0.2, 0) is 54.0 Å². The molecule has 2 aromatic rings. The number of nitrogens with one attached hydrogen (secondary N) is 1. The van der Waals surface area contributed by atoms with Crippen LogP contribution in [0.2, 0.25) is 0 Å². The third-order valence-corrected chi connectivity index (χ3v) is 10.2. The first-order valence-corrected chi connectivity index (χ1v) is 21.8. The van der Waals surface area contributed by atoms with Crippen molar-refractivity contribution in [1.29, 1.82) is 0 Å². The van der Waals surface area contributed by atoms with Crippen LogP contribution in [0, 0.1) is 21.7 Å². The number of aromatic nitrogens is 2. The molecule has 0 spiro atoms. The SMILES string of the molecule is [2H]CC(C)(C)C(=O)OC[C@H]1OC(Oc2n[nH]c(C(C)C)c2Cc2ccc(OCCCN=[N+]=[N-])cc2OC2CCOCC2)[C@H](OC(=O)C(C)(C)C[2H])[C@@H](OC(=O)C(C)(C)C[2H])[C@@H]1OC(=O)C(C)(C)C[2H]. The van der Waals surface area contributed by atoms with E-state index in [2.05, 4.69) is 20.2 Å². The first kappa shape index (κ1) is 46.5. The molecular weight excluding hydrogens is 843 g/mol. The van der Waals surface area contributed by atoms with E-state index in [1.165, 1.54) is 55.4 Å². The molecule has 3 heterocycles. The van der Waals surface area contributed by atoms with Crippen molar-refractivity contribution < 1.29 is 67.3 Å². The molecule has 1 N–H and O–H groups in total. The van der Waals surface area contributed by atoms with Gasteiger partial charge in [0.15, 0.2) is 12.2 Å². The zero-order valence-electron chi connectivity index (χ0n) is 43.6. The van der Waals surface area contributed by atoms with Crippen molar-refractivity contribution in [3.05, 3.63) is 45.5 Å². The number of carbonyl (C=O) groups excluding carboxylic acids is 4. The van der Waals surface area contributed by atoms with E-state index in [-0.39, 0.29) is 37.8 Å². The Kier molecular flexibility index (Phi) is 15.7. The normalized spacial score (nSPS) is 21.7. The molecule has 0 bridgehead atoms. The summed E-state index contributed by atoms with van der Waals surface area (Å²) in [6.45, 7) is 15.2. The topological polar surface area (TPSA) is 229 Å². The van der Waals surface area contributed by atoms with Gasteiger partial charge in [0.1, 0.15) is 30.3 Å². The monoisotopic (exact) mass is 918 g/mol. The van der Waals surface area contributed by atoms with Gasteiger partial charge in [0.25, 0.3) is 0 Å². The second-order valence-corrected chi connectivity index (χ2v) is 19.5. The second kappa shape index (κ2) is 22.0. The van der Waals surface area contributed by atoms with E-state index in [1.807, 2.05) is 19.9 Å². The summed E-state index contributed by atoms with van der Waals surface area (Å²) in [5.74, 6) is -2.67. The number of aromatic amines is 1. The van der Waals surface area contributed by atoms with Crippen LogP contribution in [0.5, 0.6) is 17.4 Å². The van der Waals surface area contributed by atoms with Gasteiger partial charge in [0.2, 0.25) is 18.3 Å². The van der Waals surface area contributed by atoms with Crippen molar-refractivity contribution >= 4 is 23.9 Å². The minimum atomic E-state index is -1.75. The summed E-state index contributed by atoms with van der Waals surface area (Å²) in [4.78, 5) is 58.1. The number of benzene rings is 1. The average Bonchev–Trinajstić information content (AvgIpc) is 3.72. The van der Waals surface area contributed by atoms with Gasteiger partial charge in [-0.3, -0.25) is 24.3 Å². The molecule has 2 saturated heterocycles. The Morgan fingerprint density at radius 2 is 1.45 bits per heavy atom. The Morgan fingerprint density at radius 3 is 2.03 bits per heavy atom. The Labute approximate surface area is 388 Å². The van der Waals surface area contributed by atoms with Gasteiger partial charge < -0.3 is 42.6 Å². The molecule has 0 aliphatic carbocycles. The summed E-state index contributed by atoms with van der Waals surface area (Å²) in [5, 5.41) is 11.2. The summed E-state index contributed by atoms with van der Waals surface area (Å²) in [7, 11) is 0. The molecule has 1 aromatic heterocycles. The standard InChI is InChI=1S/C47H71N5O13/c1-27(2)34-31(24-28-16-17-30(58-21-15-20-49-52-48)25-32(28)60-29-18-22-57-23-19-29)38(51-50-34)65-39-37(64-43(56)47(12,13)14)36(63-42(55)46(9,10)11)35(62-41(54)45(6,7)8)33(61-39)26-59-40(53)44(3,4)5/h16-17,25,27,29,33,35-37,39H,15,18-24,26H2,1-14H3,(H,50,51)/t33-,35-,36+,37-,39?/m1/s1/i3D,6D,9D,12D. The first-order chi connectivity index (χ1) is 32.4. The minimum absolute atomic E-state index is 0.0201. The maximum Gasteiger partial charge on any atom is 0.311 e. The van der Waals surface area contributed by atoms with Crippen LogP contribution in [-0.4, -0.2) is 104 Å². The number of azide groups is 1. The smallest absolute Gasteiger partial charge is 0.311 e. The van der Waals surface area contributed by atoms with Crippen LogP contribution < -0.4 is 14.2 Å². The summed E-state index contributed by atoms with van der Waals surface area (Å²) in [6, 6.07) is 5.43. The molecule has 2 fully saturated rings. The molecule has 18 nitrogen and oxygen atoms in total. The third-order valence-electron chi connectivity index (χ3n) is 10.2. The Hall–Kier alpha value is -5.06. The van der Waals surface area contributed by atoms with Gasteiger partial charge in [-0.2, -0.15) is 0 Å².